The van der Waals surface area contributed by atoms with Gasteiger partial charge >= 0.3 is 0 Å². The van der Waals surface area contributed by atoms with Crippen LogP contribution in [0.1, 0.15) is 18.4 Å². The van der Waals surface area contributed by atoms with Gasteiger partial charge in [0.2, 0.25) is 5.91 Å². The molecule has 1 aromatic rings. The zero-order chi connectivity index (χ0) is 12.1. The summed E-state index contributed by atoms with van der Waals surface area (Å²) in [5.41, 5.74) is 6.77. The van der Waals surface area contributed by atoms with Crippen molar-refractivity contribution in [3.05, 3.63) is 36.2 Å². The van der Waals surface area contributed by atoms with Gasteiger partial charge in [-0.15, -0.1) is 0 Å². The summed E-state index contributed by atoms with van der Waals surface area (Å²) in [6, 6.07) is 3.89. The van der Waals surface area contributed by atoms with Gasteiger partial charge in [-0.3, -0.25) is 9.78 Å². The highest BCUT2D eigenvalue weighted by atomic mass is 16.2. The van der Waals surface area contributed by atoms with E-state index in [4.69, 9.17) is 5.73 Å². The molecular weight excluding hydrogens is 214 g/mol. The van der Waals surface area contributed by atoms with Gasteiger partial charge in [-0.25, -0.2) is 0 Å². The summed E-state index contributed by atoms with van der Waals surface area (Å²) in [5.74, 6) is 0.0315. The first-order chi connectivity index (χ1) is 8.25. The highest BCUT2D eigenvalue weighted by molar-refractivity contribution is 5.91. The average Bonchev–Trinajstić information content (AvgIpc) is 2.37. The number of nitrogens with two attached hydrogens (primary N) is 1. The van der Waals surface area contributed by atoms with Gasteiger partial charge in [0.15, 0.2) is 0 Å². The number of carbonyl (C=O) groups is 1. The largest absolute Gasteiger partial charge is 0.338 e. The molecule has 1 fully saturated rings. The van der Waals surface area contributed by atoms with E-state index in [0.29, 0.717) is 6.54 Å². The summed E-state index contributed by atoms with van der Waals surface area (Å²) in [5, 5.41) is 0. The quantitative estimate of drug-likeness (QED) is 0.774. The van der Waals surface area contributed by atoms with Crippen molar-refractivity contribution in [3.63, 3.8) is 0 Å². The van der Waals surface area contributed by atoms with Crippen LogP contribution in [0.25, 0.3) is 6.08 Å². The van der Waals surface area contributed by atoms with E-state index in [2.05, 4.69) is 4.98 Å². The molecule has 1 aliphatic rings. The number of rotatable bonds is 2. The number of likely N-dealkylation sites (tertiary alicyclic amines) is 1. The van der Waals surface area contributed by atoms with Crippen LogP contribution in [0.2, 0.25) is 0 Å². The third kappa shape index (κ3) is 3.39. The van der Waals surface area contributed by atoms with Gasteiger partial charge in [-0.2, -0.15) is 0 Å². The lowest BCUT2D eigenvalue weighted by molar-refractivity contribution is -0.127. The number of piperidine rings is 1. The van der Waals surface area contributed by atoms with Gasteiger partial charge in [0.05, 0.1) is 0 Å². The SMILES string of the molecule is NC1CCCN(C(=O)C=Cc2cccnc2)C1. The molecule has 1 atom stereocenters. The van der Waals surface area contributed by atoms with Gasteiger partial charge in [-0.1, -0.05) is 6.07 Å². The Morgan fingerprint density at radius 3 is 3.18 bits per heavy atom. The molecule has 0 saturated carbocycles. The minimum Gasteiger partial charge on any atom is -0.338 e. The molecule has 90 valence electrons. The molecule has 2 heterocycles. The summed E-state index contributed by atoms with van der Waals surface area (Å²) in [7, 11) is 0. The molecule has 1 aromatic heterocycles. The topological polar surface area (TPSA) is 59.2 Å². The molecule has 0 aliphatic carbocycles. The fourth-order valence-electron chi connectivity index (χ4n) is 1.96. The Bertz CT molecular complexity index is 402. The van der Waals surface area contributed by atoms with Crippen molar-refractivity contribution in [2.24, 2.45) is 5.73 Å². The molecule has 0 radical (unpaired) electrons. The van der Waals surface area contributed by atoms with E-state index in [1.165, 1.54) is 0 Å². The smallest absolute Gasteiger partial charge is 0.246 e. The van der Waals surface area contributed by atoms with Crippen LogP contribution in [0.5, 0.6) is 0 Å². The molecule has 0 spiro atoms. The van der Waals surface area contributed by atoms with E-state index in [9.17, 15) is 4.79 Å². The number of nitrogens with zero attached hydrogens (tertiary/aromatic N) is 2. The highest BCUT2D eigenvalue weighted by Gasteiger charge is 2.19. The van der Waals surface area contributed by atoms with Crippen molar-refractivity contribution in [1.29, 1.82) is 0 Å². The Morgan fingerprint density at radius 1 is 1.59 bits per heavy atom. The molecule has 1 unspecified atom stereocenters. The Kier molecular flexibility index (Phi) is 3.88. The first-order valence-corrected chi connectivity index (χ1v) is 5.88. The van der Waals surface area contributed by atoms with E-state index in [1.54, 1.807) is 29.4 Å². The minimum atomic E-state index is 0.0315. The Morgan fingerprint density at radius 2 is 2.47 bits per heavy atom. The van der Waals surface area contributed by atoms with Crippen LogP contribution >= 0.6 is 0 Å². The first kappa shape index (κ1) is 11.8. The summed E-state index contributed by atoms with van der Waals surface area (Å²) >= 11 is 0. The second-order valence-electron chi connectivity index (χ2n) is 4.31. The van der Waals surface area contributed by atoms with Crippen LogP contribution in [-0.4, -0.2) is 34.9 Å². The number of hydrogen-bond donors (Lipinski definition) is 1. The number of aromatic nitrogens is 1. The lowest BCUT2D eigenvalue weighted by atomic mass is 10.1. The fraction of sp³-hybridized carbons (Fsp3) is 0.385. The second kappa shape index (κ2) is 5.59. The van der Waals surface area contributed by atoms with E-state index < -0.39 is 0 Å². The third-order valence-corrected chi connectivity index (χ3v) is 2.87. The maximum Gasteiger partial charge on any atom is 0.246 e. The normalized spacial score (nSPS) is 20.8. The molecule has 2 N–H and O–H groups in total. The predicted molar refractivity (Wildman–Crippen MR) is 67.1 cm³/mol. The number of amides is 1. The molecule has 17 heavy (non-hydrogen) atoms. The van der Waals surface area contributed by atoms with E-state index >= 15 is 0 Å². The monoisotopic (exact) mass is 231 g/mol. The van der Waals surface area contributed by atoms with Crippen LogP contribution in [0, 0.1) is 0 Å². The average molecular weight is 231 g/mol. The van der Waals surface area contributed by atoms with Crippen molar-refractivity contribution in [1.82, 2.24) is 9.88 Å². The maximum atomic E-state index is 11.9. The maximum absolute atomic E-state index is 11.9. The van der Waals surface area contributed by atoms with Crippen molar-refractivity contribution in [2.45, 2.75) is 18.9 Å². The van der Waals surface area contributed by atoms with Crippen LogP contribution in [0.15, 0.2) is 30.6 Å². The molecule has 2 rings (SSSR count). The van der Waals surface area contributed by atoms with Gasteiger partial charge in [-0.05, 0) is 30.5 Å². The standard InChI is InChI=1S/C13H17N3O/c14-12-4-2-8-16(10-12)13(17)6-5-11-3-1-7-15-9-11/h1,3,5-7,9,12H,2,4,8,10,14H2. The Hall–Kier alpha value is -1.68. The summed E-state index contributed by atoms with van der Waals surface area (Å²) in [6.45, 7) is 1.47. The molecule has 4 nitrogen and oxygen atoms in total. The van der Waals surface area contributed by atoms with Crippen molar-refractivity contribution in [3.8, 4) is 0 Å². The molecule has 0 aromatic carbocycles. The molecular formula is C13H17N3O. The molecule has 1 saturated heterocycles. The predicted octanol–water partition coefficient (Wildman–Crippen LogP) is 1.04. The van der Waals surface area contributed by atoms with Crippen LogP contribution < -0.4 is 5.73 Å². The minimum absolute atomic E-state index is 0.0315. The van der Waals surface area contributed by atoms with Gasteiger partial charge in [0, 0.05) is 37.6 Å². The fourth-order valence-corrected chi connectivity index (χ4v) is 1.96. The van der Waals surface area contributed by atoms with Crippen molar-refractivity contribution < 1.29 is 4.79 Å². The summed E-state index contributed by atoms with van der Waals surface area (Å²) in [6.07, 6.45) is 8.82. The lowest BCUT2D eigenvalue weighted by Crippen LogP contribution is -2.45. The molecule has 1 aliphatic heterocycles. The first-order valence-electron chi connectivity index (χ1n) is 5.88. The van der Waals surface area contributed by atoms with Crippen molar-refractivity contribution in [2.75, 3.05) is 13.1 Å². The highest BCUT2D eigenvalue weighted by Crippen LogP contribution is 2.09. The van der Waals surface area contributed by atoms with Gasteiger partial charge in [0.25, 0.3) is 0 Å². The molecule has 1 amide bonds. The lowest BCUT2D eigenvalue weighted by Gasteiger charge is -2.29. The van der Waals surface area contributed by atoms with Crippen LogP contribution in [0.4, 0.5) is 0 Å². The zero-order valence-corrected chi connectivity index (χ0v) is 9.75. The third-order valence-electron chi connectivity index (χ3n) is 2.87. The summed E-state index contributed by atoms with van der Waals surface area (Å²) < 4.78 is 0. The zero-order valence-electron chi connectivity index (χ0n) is 9.75. The van der Waals surface area contributed by atoms with E-state index in [-0.39, 0.29) is 11.9 Å². The Balaban J connectivity index is 1.94. The molecule has 4 heteroatoms. The number of hydrogen-bond acceptors (Lipinski definition) is 3. The van der Waals surface area contributed by atoms with Crippen LogP contribution in [-0.2, 0) is 4.79 Å². The summed E-state index contributed by atoms with van der Waals surface area (Å²) in [4.78, 5) is 17.7. The van der Waals surface area contributed by atoms with Gasteiger partial charge < -0.3 is 10.6 Å². The van der Waals surface area contributed by atoms with Gasteiger partial charge in [0.1, 0.15) is 0 Å². The van der Waals surface area contributed by atoms with Crippen LogP contribution in [0.3, 0.4) is 0 Å². The van der Waals surface area contributed by atoms with E-state index in [0.717, 1.165) is 24.9 Å². The number of carbonyl (C=O) groups excluding carboxylic acids is 1. The van der Waals surface area contributed by atoms with E-state index in [1.807, 2.05) is 12.1 Å². The van der Waals surface area contributed by atoms with Crippen molar-refractivity contribution >= 4 is 12.0 Å². The molecule has 0 bridgehead atoms. The Labute approximate surface area is 101 Å². The second-order valence-corrected chi connectivity index (χ2v) is 4.31. The number of pyridine rings is 1.